The number of piperazine rings is 1. The van der Waals surface area contributed by atoms with Crippen LogP contribution in [0, 0.1) is 5.92 Å². The number of pyridine rings is 1. The average Bonchev–Trinajstić information content (AvgIpc) is 3.15. The second-order valence-corrected chi connectivity index (χ2v) is 6.71. The second kappa shape index (κ2) is 5.89. The first-order valence-electron chi connectivity index (χ1n) is 8.40. The predicted octanol–water partition coefficient (Wildman–Crippen LogP) is 1.24. The number of hydrogen-bond acceptors (Lipinski definition) is 4. The molecule has 0 aliphatic carbocycles. The molecule has 2 aliphatic rings. The lowest BCUT2D eigenvalue weighted by Crippen LogP contribution is -2.43. The van der Waals surface area contributed by atoms with Crippen LogP contribution in [0.4, 0.5) is 5.69 Å². The van der Waals surface area contributed by atoms with Crippen LogP contribution in [-0.4, -0.2) is 60.6 Å². The third kappa shape index (κ3) is 2.71. The molecular weight excluding hydrogens is 274 g/mol. The third-order valence-electron chi connectivity index (χ3n) is 5.03. The first-order chi connectivity index (χ1) is 10.8. The monoisotopic (exact) mass is 299 g/mol. The van der Waals surface area contributed by atoms with Gasteiger partial charge in [0, 0.05) is 51.0 Å². The summed E-state index contributed by atoms with van der Waals surface area (Å²) in [5, 5.41) is 3.41. The summed E-state index contributed by atoms with van der Waals surface area (Å²) in [5.74, 6) is 1.96. The lowest BCUT2D eigenvalue weighted by atomic mass is 10.0. The van der Waals surface area contributed by atoms with Gasteiger partial charge in [0.15, 0.2) is 0 Å². The molecule has 0 radical (unpaired) electrons. The van der Waals surface area contributed by atoms with Gasteiger partial charge in [0.05, 0.1) is 11.7 Å². The number of hydrogen-bond donors (Lipinski definition) is 1. The van der Waals surface area contributed by atoms with E-state index in [-0.39, 0.29) is 0 Å². The van der Waals surface area contributed by atoms with Gasteiger partial charge in [-0.25, -0.2) is 4.98 Å². The quantitative estimate of drug-likeness (QED) is 0.925. The Morgan fingerprint density at radius 2 is 2.14 bits per heavy atom. The van der Waals surface area contributed by atoms with Crippen molar-refractivity contribution in [3.05, 3.63) is 30.4 Å². The van der Waals surface area contributed by atoms with Crippen LogP contribution in [0.1, 0.15) is 12.2 Å². The standard InChI is InChI=1S/C17H25N5/c1-20-6-2-14(13-20)10-17-19-12-16-11-15(3-7-22(16)17)21-8-4-18-5-9-21/h3,7,11-12,14,18H,2,4-6,8-10,13H2,1H3. The Labute approximate surface area is 131 Å². The fourth-order valence-corrected chi connectivity index (χ4v) is 3.77. The Hall–Kier alpha value is -1.59. The first kappa shape index (κ1) is 14.0. The van der Waals surface area contributed by atoms with E-state index in [4.69, 9.17) is 0 Å². The van der Waals surface area contributed by atoms with Gasteiger partial charge in [-0.3, -0.25) is 0 Å². The van der Waals surface area contributed by atoms with Gasteiger partial charge in [0.25, 0.3) is 0 Å². The Kier molecular flexibility index (Phi) is 3.76. The summed E-state index contributed by atoms with van der Waals surface area (Å²) in [7, 11) is 2.21. The molecule has 0 aromatic carbocycles. The Morgan fingerprint density at radius 3 is 2.91 bits per heavy atom. The van der Waals surface area contributed by atoms with Crippen molar-refractivity contribution in [3.8, 4) is 0 Å². The lowest BCUT2D eigenvalue weighted by molar-refractivity contribution is 0.392. The number of fused-ring (bicyclic) bond motifs is 1. The van der Waals surface area contributed by atoms with Crippen LogP contribution < -0.4 is 10.2 Å². The molecule has 1 unspecified atom stereocenters. The number of nitrogens with one attached hydrogen (secondary N) is 1. The molecule has 2 aliphatic heterocycles. The fraction of sp³-hybridized carbons (Fsp3) is 0.588. The molecule has 4 rings (SSSR count). The van der Waals surface area contributed by atoms with E-state index in [1.165, 1.54) is 36.5 Å². The van der Waals surface area contributed by atoms with Gasteiger partial charge < -0.3 is 19.5 Å². The molecule has 0 spiro atoms. The molecule has 118 valence electrons. The van der Waals surface area contributed by atoms with Crippen LogP contribution in [0.3, 0.4) is 0 Å². The van der Waals surface area contributed by atoms with E-state index in [0.717, 1.165) is 38.5 Å². The topological polar surface area (TPSA) is 35.8 Å². The SMILES string of the molecule is CN1CCC(Cc2ncc3cc(N4CCNCC4)ccn23)C1. The van der Waals surface area contributed by atoms with Crippen molar-refractivity contribution in [2.24, 2.45) is 5.92 Å². The maximum atomic E-state index is 4.68. The Morgan fingerprint density at radius 1 is 1.27 bits per heavy atom. The van der Waals surface area contributed by atoms with Crippen LogP contribution in [0.5, 0.6) is 0 Å². The summed E-state index contributed by atoms with van der Waals surface area (Å²) >= 11 is 0. The van der Waals surface area contributed by atoms with Crippen molar-refractivity contribution >= 4 is 11.2 Å². The molecule has 2 saturated heterocycles. The molecule has 22 heavy (non-hydrogen) atoms. The van der Waals surface area contributed by atoms with Gasteiger partial charge in [0.2, 0.25) is 0 Å². The van der Waals surface area contributed by atoms with Gasteiger partial charge >= 0.3 is 0 Å². The van der Waals surface area contributed by atoms with Gasteiger partial charge in [-0.15, -0.1) is 0 Å². The van der Waals surface area contributed by atoms with Crippen molar-refractivity contribution in [1.82, 2.24) is 19.6 Å². The molecule has 2 aromatic rings. The van der Waals surface area contributed by atoms with Crippen LogP contribution in [0.15, 0.2) is 24.5 Å². The van der Waals surface area contributed by atoms with Gasteiger partial charge in [-0.2, -0.15) is 0 Å². The lowest BCUT2D eigenvalue weighted by Gasteiger charge is -2.29. The van der Waals surface area contributed by atoms with Gasteiger partial charge in [-0.05, 0) is 38.1 Å². The average molecular weight is 299 g/mol. The summed E-state index contributed by atoms with van der Waals surface area (Å²) in [5.41, 5.74) is 2.54. The number of nitrogens with zero attached hydrogens (tertiary/aromatic N) is 4. The van der Waals surface area contributed by atoms with E-state index >= 15 is 0 Å². The van der Waals surface area contributed by atoms with Gasteiger partial charge in [-0.1, -0.05) is 0 Å². The fourth-order valence-electron chi connectivity index (χ4n) is 3.77. The van der Waals surface area contributed by atoms with Crippen LogP contribution in [0.25, 0.3) is 5.52 Å². The molecule has 0 amide bonds. The van der Waals surface area contributed by atoms with Crippen molar-refractivity contribution in [1.29, 1.82) is 0 Å². The van der Waals surface area contributed by atoms with Crippen molar-refractivity contribution in [2.75, 3.05) is 51.2 Å². The van der Waals surface area contributed by atoms with Gasteiger partial charge in [0.1, 0.15) is 5.82 Å². The van der Waals surface area contributed by atoms with Crippen LogP contribution in [-0.2, 0) is 6.42 Å². The molecule has 2 aromatic heterocycles. The van der Waals surface area contributed by atoms with E-state index in [1.54, 1.807) is 0 Å². The van der Waals surface area contributed by atoms with E-state index in [2.05, 4.69) is 49.9 Å². The van der Waals surface area contributed by atoms with Crippen LogP contribution >= 0.6 is 0 Å². The number of anilines is 1. The summed E-state index contributed by atoms with van der Waals surface area (Å²) in [6, 6.07) is 4.52. The van der Waals surface area contributed by atoms with Crippen molar-refractivity contribution < 1.29 is 0 Å². The minimum absolute atomic E-state index is 0.753. The number of imidazole rings is 1. The smallest absolute Gasteiger partial charge is 0.113 e. The zero-order valence-corrected chi connectivity index (χ0v) is 13.3. The molecule has 0 saturated carbocycles. The molecule has 1 atom stereocenters. The predicted molar refractivity (Wildman–Crippen MR) is 89.6 cm³/mol. The molecule has 4 heterocycles. The van der Waals surface area contributed by atoms with E-state index in [1.807, 2.05) is 6.20 Å². The van der Waals surface area contributed by atoms with Crippen molar-refractivity contribution in [3.63, 3.8) is 0 Å². The van der Waals surface area contributed by atoms with E-state index < -0.39 is 0 Å². The Bertz CT molecular complexity index is 644. The highest BCUT2D eigenvalue weighted by molar-refractivity contribution is 5.59. The third-order valence-corrected chi connectivity index (χ3v) is 5.03. The molecular formula is C17H25N5. The maximum absolute atomic E-state index is 4.68. The summed E-state index contributed by atoms with van der Waals surface area (Å²) in [6.45, 7) is 6.75. The zero-order valence-electron chi connectivity index (χ0n) is 13.3. The van der Waals surface area contributed by atoms with E-state index in [0.29, 0.717) is 0 Å². The highest BCUT2D eigenvalue weighted by atomic mass is 15.2. The minimum atomic E-state index is 0.753. The highest BCUT2D eigenvalue weighted by Crippen LogP contribution is 2.22. The molecule has 2 fully saturated rings. The zero-order chi connectivity index (χ0) is 14.9. The number of rotatable bonds is 3. The van der Waals surface area contributed by atoms with Crippen molar-refractivity contribution in [2.45, 2.75) is 12.8 Å². The second-order valence-electron chi connectivity index (χ2n) is 6.71. The highest BCUT2D eigenvalue weighted by Gasteiger charge is 2.21. The summed E-state index contributed by atoms with van der Waals surface area (Å²) in [6.07, 6.45) is 6.61. The molecule has 5 heteroatoms. The van der Waals surface area contributed by atoms with Crippen LogP contribution in [0.2, 0.25) is 0 Å². The molecule has 0 bridgehead atoms. The normalized spacial score (nSPS) is 23.5. The molecule has 5 nitrogen and oxygen atoms in total. The largest absolute Gasteiger partial charge is 0.369 e. The number of aromatic nitrogens is 2. The summed E-state index contributed by atoms with van der Waals surface area (Å²) in [4.78, 5) is 9.56. The first-order valence-corrected chi connectivity index (χ1v) is 8.40. The van der Waals surface area contributed by atoms with E-state index in [9.17, 15) is 0 Å². The summed E-state index contributed by atoms with van der Waals surface area (Å²) < 4.78 is 2.27. The number of likely N-dealkylation sites (tertiary alicyclic amines) is 1. The minimum Gasteiger partial charge on any atom is -0.369 e. The maximum Gasteiger partial charge on any atom is 0.113 e. The Balaban J connectivity index is 1.54. The molecule has 1 N–H and O–H groups in total.